The average Bonchev–Trinajstić information content (AvgIpc) is 2.26. The van der Waals surface area contributed by atoms with Crippen molar-refractivity contribution in [1.82, 2.24) is 5.32 Å². The second-order valence-electron chi connectivity index (χ2n) is 4.85. The highest BCUT2D eigenvalue weighted by Gasteiger charge is 2.32. The van der Waals surface area contributed by atoms with Crippen molar-refractivity contribution >= 4 is 5.91 Å². The van der Waals surface area contributed by atoms with Crippen LogP contribution in [0.5, 0.6) is 0 Å². The van der Waals surface area contributed by atoms with E-state index in [1.165, 1.54) is 0 Å². The van der Waals surface area contributed by atoms with Crippen LogP contribution in [0.3, 0.4) is 0 Å². The lowest BCUT2D eigenvalue weighted by Crippen LogP contribution is -2.54. The molecule has 0 aliphatic heterocycles. The number of hydrogen-bond donors (Lipinski definition) is 2. The molecule has 0 aromatic rings. The lowest BCUT2D eigenvalue weighted by atomic mass is 9.94. The minimum atomic E-state index is -0.723. The molecule has 0 saturated heterocycles. The Morgan fingerprint density at radius 1 is 1.33 bits per heavy atom. The van der Waals surface area contributed by atoms with Gasteiger partial charge < -0.3 is 20.5 Å². The van der Waals surface area contributed by atoms with Crippen molar-refractivity contribution in [3.05, 3.63) is 0 Å². The number of carbonyl (C=O) groups is 1. The number of ether oxygens (including phenoxy) is 2. The maximum absolute atomic E-state index is 11.5. The fraction of sp³-hybridized carbons (Fsp3) is 0.923. The second-order valence-corrected chi connectivity index (χ2v) is 4.85. The molecule has 0 rings (SSSR count). The zero-order valence-corrected chi connectivity index (χ0v) is 12.3. The molecule has 0 fully saturated rings. The number of carbonyl (C=O) groups excluding carboxylic acids is 1. The number of primary amides is 1. The van der Waals surface area contributed by atoms with Crippen LogP contribution in [0.25, 0.3) is 0 Å². The molecule has 1 amide bonds. The summed E-state index contributed by atoms with van der Waals surface area (Å²) in [6.07, 6.45) is 0.503. The third kappa shape index (κ3) is 6.33. The largest absolute Gasteiger partial charge is 0.379 e. The van der Waals surface area contributed by atoms with E-state index in [0.717, 1.165) is 0 Å². The van der Waals surface area contributed by atoms with Gasteiger partial charge in [0.05, 0.1) is 24.4 Å². The Kier molecular flexibility index (Phi) is 8.15. The van der Waals surface area contributed by atoms with E-state index in [1.54, 1.807) is 0 Å². The van der Waals surface area contributed by atoms with Crippen molar-refractivity contribution in [2.24, 2.45) is 5.73 Å². The first-order valence-electron chi connectivity index (χ1n) is 6.63. The molecule has 108 valence electrons. The quantitative estimate of drug-likeness (QED) is 0.616. The maximum Gasteiger partial charge on any atom is 0.237 e. The van der Waals surface area contributed by atoms with Gasteiger partial charge in [-0.15, -0.1) is 0 Å². The second kappa shape index (κ2) is 8.45. The van der Waals surface area contributed by atoms with E-state index in [9.17, 15) is 4.79 Å². The van der Waals surface area contributed by atoms with Gasteiger partial charge in [0, 0.05) is 13.0 Å². The third-order valence-corrected chi connectivity index (χ3v) is 2.83. The van der Waals surface area contributed by atoms with Gasteiger partial charge in [-0.2, -0.15) is 0 Å². The van der Waals surface area contributed by atoms with E-state index in [-0.39, 0.29) is 18.1 Å². The fourth-order valence-corrected chi connectivity index (χ4v) is 1.99. The van der Waals surface area contributed by atoms with Gasteiger partial charge in [0.2, 0.25) is 5.91 Å². The molecule has 0 saturated carbocycles. The van der Waals surface area contributed by atoms with Crippen molar-refractivity contribution in [3.8, 4) is 0 Å². The molecule has 0 bridgehead atoms. The van der Waals surface area contributed by atoms with Gasteiger partial charge in [-0.05, 0) is 34.2 Å². The van der Waals surface area contributed by atoms with Gasteiger partial charge in [0.25, 0.3) is 0 Å². The van der Waals surface area contributed by atoms with E-state index in [1.807, 2.05) is 34.6 Å². The Labute approximate surface area is 110 Å². The van der Waals surface area contributed by atoms with Crippen LogP contribution in [0.2, 0.25) is 0 Å². The Morgan fingerprint density at radius 3 is 2.39 bits per heavy atom. The first-order valence-corrected chi connectivity index (χ1v) is 6.63. The smallest absolute Gasteiger partial charge is 0.237 e. The van der Waals surface area contributed by atoms with Crippen LogP contribution in [0.1, 0.15) is 41.0 Å². The summed E-state index contributed by atoms with van der Waals surface area (Å²) < 4.78 is 11.1. The minimum absolute atomic E-state index is 0.0127. The molecule has 5 heteroatoms. The number of rotatable bonds is 10. The maximum atomic E-state index is 11.5. The molecule has 0 aliphatic carbocycles. The van der Waals surface area contributed by atoms with Gasteiger partial charge in [0.1, 0.15) is 0 Å². The summed E-state index contributed by atoms with van der Waals surface area (Å²) in [6, 6.07) is 0. The predicted molar refractivity (Wildman–Crippen MR) is 72.4 cm³/mol. The van der Waals surface area contributed by atoms with E-state index in [4.69, 9.17) is 15.2 Å². The topological polar surface area (TPSA) is 73.6 Å². The van der Waals surface area contributed by atoms with Gasteiger partial charge in [-0.1, -0.05) is 6.92 Å². The van der Waals surface area contributed by atoms with Gasteiger partial charge in [-0.25, -0.2) is 0 Å². The van der Waals surface area contributed by atoms with Crippen LogP contribution in [0.4, 0.5) is 0 Å². The van der Waals surface area contributed by atoms with E-state index in [2.05, 4.69) is 5.32 Å². The van der Waals surface area contributed by atoms with E-state index >= 15 is 0 Å². The highest BCUT2D eigenvalue weighted by molar-refractivity contribution is 5.84. The Morgan fingerprint density at radius 2 is 1.94 bits per heavy atom. The van der Waals surface area contributed by atoms with Crippen LogP contribution < -0.4 is 11.1 Å². The Hall–Kier alpha value is -0.650. The molecule has 18 heavy (non-hydrogen) atoms. The van der Waals surface area contributed by atoms with Crippen molar-refractivity contribution in [2.45, 2.75) is 58.8 Å². The van der Waals surface area contributed by atoms with Gasteiger partial charge in [-0.3, -0.25) is 4.79 Å². The first-order chi connectivity index (χ1) is 8.35. The first kappa shape index (κ1) is 17.4. The van der Waals surface area contributed by atoms with E-state index < -0.39 is 5.54 Å². The summed E-state index contributed by atoms with van der Waals surface area (Å²) in [5.74, 6) is -0.350. The molecular weight excluding hydrogens is 232 g/mol. The van der Waals surface area contributed by atoms with Gasteiger partial charge in [0.15, 0.2) is 0 Å². The highest BCUT2D eigenvalue weighted by atomic mass is 16.5. The predicted octanol–water partition coefficient (Wildman–Crippen LogP) is 1.06. The van der Waals surface area contributed by atoms with Crippen LogP contribution in [0.15, 0.2) is 0 Å². The van der Waals surface area contributed by atoms with Crippen molar-refractivity contribution in [1.29, 1.82) is 0 Å². The molecular formula is C13H28N2O3. The summed E-state index contributed by atoms with van der Waals surface area (Å²) in [5.41, 5.74) is 4.71. The highest BCUT2D eigenvalue weighted by Crippen LogP contribution is 2.15. The number of nitrogens with one attached hydrogen (secondary N) is 1. The average molecular weight is 260 g/mol. The van der Waals surface area contributed by atoms with Gasteiger partial charge >= 0.3 is 0 Å². The zero-order chi connectivity index (χ0) is 14.2. The fourth-order valence-electron chi connectivity index (χ4n) is 1.99. The molecule has 3 unspecified atom stereocenters. The Balaban J connectivity index is 4.25. The Bertz CT molecular complexity index is 248. The molecule has 3 atom stereocenters. The summed E-state index contributed by atoms with van der Waals surface area (Å²) in [5, 5.41) is 3.12. The standard InChI is InChI=1S/C13H28N2O3/c1-6-15-13(5,12(14)16)8-10(3)18-11(4)9-17-7-2/h10-11,15H,6-9H2,1-5H3,(H2,14,16). The minimum Gasteiger partial charge on any atom is -0.379 e. The normalized spacial score (nSPS) is 18.1. The number of likely N-dealkylation sites (N-methyl/N-ethyl adjacent to an activating group) is 1. The summed E-state index contributed by atoms with van der Waals surface area (Å²) in [4.78, 5) is 11.5. The summed E-state index contributed by atoms with van der Waals surface area (Å²) >= 11 is 0. The van der Waals surface area contributed by atoms with Crippen molar-refractivity contribution in [3.63, 3.8) is 0 Å². The van der Waals surface area contributed by atoms with Crippen molar-refractivity contribution < 1.29 is 14.3 Å². The van der Waals surface area contributed by atoms with Crippen LogP contribution in [-0.2, 0) is 14.3 Å². The molecule has 0 heterocycles. The summed E-state index contributed by atoms with van der Waals surface area (Å²) in [7, 11) is 0. The monoisotopic (exact) mass is 260 g/mol. The number of hydrogen-bond acceptors (Lipinski definition) is 4. The number of nitrogens with two attached hydrogens (primary N) is 1. The van der Waals surface area contributed by atoms with E-state index in [0.29, 0.717) is 26.2 Å². The lowest BCUT2D eigenvalue weighted by Gasteiger charge is -2.31. The molecule has 0 aromatic heterocycles. The SMILES string of the molecule is CCNC(C)(CC(C)OC(C)COCC)C(N)=O. The lowest BCUT2D eigenvalue weighted by molar-refractivity contribution is -0.126. The molecule has 0 spiro atoms. The molecule has 0 radical (unpaired) electrons. The number of amides is 1. The molecule has 5 nitrogen and oxygen atoms in total. The molecule has 0 aliphatic rings. The molecule has 0 aromatic carbocycles. The summed E-state index contributed by atoms with van der Waals surface area (Å²) in [6.45, 7) is 11.6. The molecule has 3 N–H and O–H groups in total. The van der Waals surface area contributed by atoms with Crippen LogP contribution in [0, 0.1) is 0 Å². The zero-order valence-electron chi connectivity index (χ0n) is 12.3. The van der Waals surface area contributed by atoms with Crippen LogP contribution in [-0.4, -0.2) is 43.4 Å². The van der Waals surface area contributed by atoms with Crippen LogP contribution >= 0.6 is 0 Å². The third-order valence-electron chi connectivity index (χ3n) is 2.83. The van der Waals surface area contributed by atoms with Crippen molar-refractivity contribution in [2.75, 3.05) is 19.8 Å².